The first-order valence-electron chi connectivity index (χ1n) is 4.82. The number of benzene rings is 1. The Hall–Kier alpha value is -1.19. The van der Waals surface area contributed by atoms with E-state index in [1.807, 2.05) is 19.1 Å². The summed E-state index contributed by atoms with van der Waals surface area (Å²) in [5.41, 5.74) is 5.07. The Kier molecular flexibility index (Phi) is 2.84. The third kappa shape index (κ3) is 1.94. The summed E-state index contributed by atoms with van der Waals surface area (Å²) in [6, 6.07) is 5.99. The Morgan fingerprint density at radius 2 is 2.13 bits per heavy atom. The van der Waals surface area contributed by atoms with Gasteiger partial charge in [-0.15, -0.1) is 11.3 Å². The molecule has 0 radical (unpaired) electrons. The molecule has 3 heteroatoms. The predicted octanol–water partition coefficient (Wildman–Crippen LogP) is 2.84. The fourth-order valence-corrected chi connectivity index (χ4v) is 2.20. The average molecular weight is 219 g/mol. The fourth-order valence-electron chi connectivity index (χ4n) is 1.58. The molecule has 0 amide bonds. The van der Waals surface area contributed by atoms with E-state index in [4.69, 9.17) is 0 Å². The van der Waals surface area contributed by atoms with Crippen molar-refractivity contribution in [1.82, 2.24) is 4.98 Å². The van der Waals surface area contributed by atoms with Crippen molar-refractivity contribution in [2.45, 2.75) is 20.0 Å². The second-order valence-corrected chi connectivity index (χ2v) is 4.51. The first-order valence-corrected chi connectivity index (χ1v) is 5.70. The molecule has 0 fully saturated rings. The monoisotopic (exact) mass is 219 g/mol. The van der Waals surface area contributed by atoms with E-state index >= 15 is 0 Å². The number of nitrogens with zero attached hydrogens (tertiary/aromatic N) is 1. The summed E-state index contributed by atoms with van der Waals surface area (Å²) in [7, 11) is 0. The summed E-state index contributed by atoms with van der Waals surface area (Å²) in [5.74, 6) is 0. The van der Waals surface area contributed by atoms with Gasteiger partial charge in [0.15, 0.2) is 0 Å². The number of hydrogen-bond acceptors (Lipinski definition) is 3. The maximum atomic E-state index is 10.2. The quantitative estimate of drug-likeness (QED) is 0.842. The van der Waals surface area contributed by atoms with E-state index in [0.29, 0.717) is 0 Å². The van der Waals surface area contributed by atoms with Crippen LogP contribution in [0.1, 0.15) is 27.7 Å². The highest BCUT2D eigenvalue weighted by Crippen LogP contribution is 2.28. The fraction of sp³-hybridized carbons (Fsp3) is 0.250. The first-order chi connectivity index (χ1) is 7.20. The summed E-state index contributed by atoms with van der Waals surface area (Å²) < 4.78 is 0. The highest BCUT2D eigenvalue weighted by atomic mass is 32.1. The minimum atomic E-state index is -0.544. The summed E-state index contributed by atoms with van der Waals surface area (Å²) in [4.78, 5) is 4.87. The lowest BCUT2D eigenvalue weighted by molar-refractivity contribution is 0.223. The smallest absolute Gasteiger partial charge is 0.115 e. The standard InChI is InChI=1S/C12H13NOS/c1-8-4-3-5-10(9(8)2)12(14)11-6-13-7-15-11/h3-7,12,14H,1-2H3. The number of hydrogen-bond donors (Lipinski definition) is 1. The molecule has 1 atom stereocenters. The van der Waals surface area contributed by atoms with Crippen molar-refractivity contribution >= 4 is 11.3 Å². The second kappa shape index (κ2) is 4.13. The van der Waals surface area contributed by atoms with Crippen LogP contribution in [0.3, 0.4) is 0 Å². The number of rotatable bonds is 2. The van der Waals surface area contributed by atoms with Gasteiger partial charge in [-0.25, -0.2) is 0 Å². The van der Waals surface area contributed by atoms with Crippen molar-refractivity contribution in [2.75, 3.05) is 0 Å². The Balaban J connectivity index is 2.42. The molecule has 2 aromatic rings. The molecule has 1 heterocycles. The molecule has 1 aromatic heterocycles. The zero-order valence-corrected chi connectivity index (χ0v) is 9.58. The number of thiazole rings is 1. The molecule has 2 rings (SSSR count). The molecule has 0 aliphatic rings. The van der Waals surface area contributed by atoms with Gasteiger partial charge in [-0.1, -0.05) is 18.2 Å². The molecule has 0 saturated heterocycles. The lowest BCUT2D eigenvalue weighted by Gasteiger charge is -2.13. The lowest BCUT2D eigenvalue weighted by atomic mass is 9.99. The molecule has 0 aliphatic carbocycles. The summed E-state index contributed by atoms with van der Waals surface area (Å²) in [6.07, 6.45) is 1.18. The van der Waals surface area contributed by atoms with Crippen LogP contribution in [0.25, 0.3) is 0 Å². The van der Waals surface area contributed by atoms with Gasteiger partial charge in [-0.05, 0) is 30.5 Å². The van der Waals surface area contributed by atoms with E-state index in [-0.39, 0.29) is 0 Å². The molecular weight excluding hydrogens is 206 g/mol. The maximum absolute atomic E-state index is 10.2. The van der Waals surface area contributed by atoms with Gasteiger partial charge in [0.1, 0.15) is 6.10 Å². The summed E-state index contributed by atoms with van der Waals surface area (Å²) >= 11 is 1.48. The largest absolute Gasteiger partial charge is 0.383 e. The second-order valence-electron chi connectivity index (χ2n) is 3.60. The Morgan fingerprint density at radius 1 is 1.33 bits per heavy atom. The molecule has 0 spiro atoms. The van der Waals surface area contributed by atoms with E-state index in [1.165, 1.54) is 16.9 Å². The molecule has 0 saturated carbocycles. The van der Waals surface area contributed by atoms with Crippen molar-refractivity contribution in [3.05, 3.63) is 51.5 Å². The van der Waals surface area contributed by atoms with Gasteiger partial charge in [0.25, 0.3) is 0 Å². The van der Waals surface area contributed by atoms with Crippen molar-refractivity contribution in [3.8, 4) is 0 Å². The molecule has 0 aliphatic heterocycles. The van der Waals surface area contributed by atoms with Gasteiger partial charge in [-0.3, -0.25) is 4.98 Å². The Morgan fingerprint density at radius 3 is 2.80 bits per heavy atom. The van der Waals surface area contributed by atoms with Crippen LogP contribution in [0.4, 0.5) is 0 Å². The highest BCUT2D eigenvalue weighted by molar-refractivity contribution is 7.09. The van der Waals surface area contributed by atoms with Gasteiger partial charge in [-0.2, -0.15) is 0 Å². The average Bonchev–Trinajstić information content (AvgIpc) is 2.74. The van der Waals surface area contributed by atoms with Crippen LogP contribution < -0.4 is 0 Å². The number of aliphatic hydroxyl groups excluding tert-OH is 1. The van der Waals surface area contributed by atoms with E-state index in [2.05, 4.69) is 18.0 Å². The van der Waals surface area contributed by atoms with Crippen molar-refractivity contribution in [3.63, 3.8) is 0 Å². The molecule has 78 valence electrons. The predicted molar refractivity (Wildman–Crippen MR) is 62.1 cm³/mol. The summed E-state index contributed by atoms with van der Waals surface area (Å²) in [6.45, 7) is 4.09. The van der Waals surface area contributed by atoms with Crippen LogP contribution in [0, 0.1) is 13.8 Å². The third-order valence-corrected chi connectivity index (χ3v) is 3.49. The molecule has 15 heavy (non-hydrogen) atoms. The van der Waals surface area contributed by atoms with E-state index < -0.39 is 6.10 Å². The topological polar surface area (TPSA) is 33.1 Å². The van der Waals surface area contributed by atoms with Crippen molar-refractivity contribution in [1.29, 1.82) is 0 Å². The zero-order valence-electron chi connectivity index (χ0n) is 8.77. The van der Waals surface area contributed by atoms with Gasteiger partial charge in [0.2, 0.25) is 0 Å². The number of aliphatic hydroxyl groups is 1. The molecule has 1 aromatic carbocycles. The zero-order chi connectivity index (χ0) is 10.8. The van der Waals surface area contributed by atoms with E-state index in [1.54, 1.807) is 11.7 Å². The normalized spacial score (nSPS) is 12.7. The van der Waals surface area contributed by atoms with Crippen molar-refractivity contribution < 1.29 is 5.11 Å². The van der Waals surface area contributed by atoms with Crippen LogP contribution in [-0.4, -0.2) is 10.1 Å². The van der Waals surface area contributed by atoms with Gasteiger partial charge < -0.3 is 5.11 Å². The maximum Gasteiger partial charge on any atom is 0.115 e. The van der Waals surface area contributed by atoms with E-state index in [9.17, 15) is 5.11 Å². The molecule has 1 unspecified atom stereocenters. The third-order valence-electron chi connectivity index (χ3n) is 2.66. The number of aryl methyl sites for hydroxylation is 1. The van der Waals surface area contributed by atoms with E-state index in [0.717, 1.165) is 16.0 Å². The Bertz CT molecular complexity index is 451. The molecule has 2 nitrogen and oxygen atoms in total. The Labute approximate surface area is 93.2 Å². The van der Waals surface area contributed by atoms with Crippen LogP contribution in [0.5, 0.6) is 0 Å². The van der Waals surface area contributed by atoms with Gasteiger partial charge in [0, 0.05) is 6.20 Å². The summed E-state index contributed by atoms with van der Waals surface area (Å²) in [5, 5.41) is 10.2. The van der Waals surface area contributed by atoms with Crippen LogP contribution >= 0.6 is 11.3 Å². The minimum absolute atomic E-state index is 0.544. The van der Waals surface area contributed by atoms with Crippen LogP contribution in [0.2, 0.25) is 0 Å². The molecule has 1 N–H and O–H groups in total. The minimum Gasteiger partial charge on any atom is -0.383 e. The van der Waals surface area contributed by atoms with Crippen molar-refractivity contribution in [2.24, 2.45) is 0 Å². The SMILES string of the molecule is Cc1cccc(C(O)c2cncs2)c1C. The van der Waals surface area contributed by atoms with Crippen LogP contribution in [-0.2, 0) is 0 Å². The number of aromatic nitrogens is 1. The highest BCUT2D eigenvalue weighted by Gasteiger charge is 2.14. The van der Waals surface area contributed by atoms with Crippen LogP contribution in [0.15, 0.2) is 29.9 Å². The molecule has 0 bridgehead atoms. The molecular formula is C12H13NOS. The lowest BCUT2D eigenvalue weighted by Crippen LogP contribution is -2.01. The van der Waals surface area contributed by atoms with Gasteiger partial charge in [0.05, 0.1) is 10.4 Å². The first kappa shape index (κ1) is 10.3. The van der Waals surface area contributed by atoms with Gasteiger partial charge >= 0.3 is 0 Å².